The van der Waals surface area contributed by atoms with Crippen LogP contribution in [0.2, 0.25) is 0 Å². The van der Waals surface area contributed by atoms with E-state index in [9.17, 15) is 4.79 Å². The Labute approximate surface area is 116 Å². The molecule has 0 aliphatic carbocycles. The molecule has 1 saturated heterocycles. The van der Waals surface area contributed by atoms with Gasteiger partial charge in [0.2, 0.25) is 5.95 Å². The van der Waals surface area contributed by atoms with Crippen molar-refractivity contribution < 1.29 is 9.90 Å². The second-order valence-corrected chi connectivity index (χ2v) is 5.20. The summed E-state index contributed by atoms with van der Waals surface area (Å²) in [5.74, 6) is 1.28. The molecule has 1 aliphatic rings. The van der Waals surface area contributed by atoms with Crippen molar-refractivity contribution in [2.24, 2.45) is 5.92 Å². The average molecular weight is 274 g/mol. The number of hydrogen-bond donors (Lipinski definition) is 3. The molecule has 6 nitrogen and oxygen atoms in total. The zero-order valence-electron chi connectivity index (χ0n) is 11.2. The van der Waals surface area contributed by atoms with Gasteiger partial charge in [-0.3, -0.25) is 0 Å². The first-order valence-electron chi connectivity index (χ1n) is 6.89. The number of nitrogens with one attached hydrogen (secondary N) is 2. The predicted molar refractivity (Wildman–Crippen MR) is 76.9 cm³/mol. The fraction of sp³-hybridized carbons (Fsp3) is 0.429. The summed E-state index contributed by atoms with van der Waals surface area (Å²) in [6, 6.07) is 7.92. The Hall–Kier alpha value is -2.24. The van der Waals surface area contributed by atoms with Crippen molar-refractivity contribution in [2.45, 2.75) is 12.8 Å². The van der Waals surface area contributed by atoms with Crippen molar-refractivity contribution in [1.82, 2.24) is 14.9 Å². The first-order chi connectivity index (χ1) is 9.72. The summed E-state index contributed by atoms with van der Waals surface area (Å²) in [5, 5.41) is 12.2. The minimum absolute atomic E-state index is 0.499. The number of nitrogens with zero attached hydrogens (tertiary/aromatic N) is 2. The molecule has 1 aromatic carbocycles. The molecule has 0 spiro atoms. The van der Waals surface area contributed by atoms with Crippen LogP contribution in [0.4, 0.5) is 10.7 Å². The number of para-hydroxylation sites is 2. The highest BCUT2D eigenvalue weighted by Crippen LogP contribution is 2.19. The van der Waals surface area contributed by atoms with Gasteiger partial charge < -0.3 is 20.3 Å². The van der Waals surface area contributed by atoms with E-state index in [4.69, 9.17) is 5.11 Å². The molecule has 2 heterocycles. The molecule has 1 amide bonds. The smallest absolute Gasteiger partial charge is 0.407 e. The van der Waals surface area contributed by atoms with E-state index in [0.717, 1.165) is 36.4 Å². The highest BCUT2D eigenvalue weighted by atomic mass is 16.4. The van der Waals surface area contributed by atoms with Gasteiger partial charge in [0.05, 0.1) is 11.0 Å². The lowest BCUT2D eigenvalue weighted by Crippen LogP contribution is -2.39. The summed E-state index contributed by atoms with van der Waals surface area (Å²) in [6.45, 7) is 2.08. The number of piperidine rings is 1. The molecule has 106 valence electrons. The molecule has 0 bridgehead atoms. The SMILES string of the molecule is O=C(O)N1CCC(CNc2nc3ccccc3[nH]2)CC1. The summed E-state index contributed by atoms with van der Waals surface area (Å²) in [6.07, 6.45) is 0.993. The van der Waals surface area contributed by atoms with Gasteiger partial charge in [-0.1, -0.05) is 12.1 Å². The molecule has 0 atom stereocenters. The number of benzene rings is 1. The minimum Gasteiger partial charge on any atom is -0.465 e. The van der Waals surface area contributed by atoms with Crippen LogP contribution in [-0.2, 0) is 0 Å². The lowest BCUT2D eigenvalue weighted by molar-refractivity contribution is 0.126. The molecule has 2 aromatic rings. The molecule has 1 fully saturated rings. The third-order valence-electron chi connectivity index (χ3n) is 3.83. The van der Waals surface area contributed by atoms with Crippen LogP contribution in [0.25, 0.3) is 11.0 Å². The van der Waals surface area contributed by atoms with E-state index < -0.39 is 6.09 Å². The van der Waals surface area contributed by atoms with Crippen LogP contribution >= 0.6 is 0 Å². The van der Waals surface area contributed by atoms with Gasteiger partial charge >= 0.3 is 6.09 Å². The molecule has 1 aromatic heterocycles. The van der Waals surface area contributed by atoms with Gasteiger partial charge in [-0.2, -0.15) is 0 Å². The van der Waals surface area contributed by atoms with Crippen LogP contribution in [-0.4, -0.2) is 45.7 Å². The fourth-order valence-corrected chi connectivity index (χ4v) is 2.61. The fourth-order valence-electron chi connectivity index (χ4n) is 2.61. The molecule has 20 heavy (non-hydrogen) atoms. The molecule has 0 saturated carbocycles. The Morgan fingerprint density at radius 1 is 1.40 bits per heavy atom. The number of aromatic amines is 1. The molecule has 0 radical (unpaired) electrons. The van der Waals surface area contributed by atoms with Crippen LogP contribution in [0.15, 0.2) is 24.3 Å². The third kappa shape index (κ3) is 2.68. The van der Waals surface area contributed by atoms with E-state index >= 15 is 0 Å². The maximum absolute atomic E-state index is 10.8. The molecule has 3 rings (SSSR count). The Balaban J connectivity index is 1.54. The quantitative estimate of drug-likeness (QED) is 0.802. The summed E-state index contributed by atoms with van der Waals surface area (Å²) < 4.78 is 0. The van der Waals surface area contributed by atoms with E-state index in [0.29, 0.717) is 19.0 Å². The largest absolute Gasteiger partial charge is 0.465 e. The molecular formula is C14H18N4O2. The minimum atomic E-state index is -0.811. The molecular weight excluding hydrogens is 256 g/mol. The topological polar surface area (TPSA) is 81.2 Å². The van der Waals surface area contributed by atoms with Crippen molar-refractivity contribution in [1.29, 1.82) is 0 Å². The summed E-state index contributed by atoms with van der Waals surface area (Å²) in [5.41, 5.74) is 1.98. The van der Waals surface area contributed by atoms with Gasteiger partial charge in [0.15, 0.2) is 0 Å². The van der Waals surface area contributed by atoms with Gasteiger partial charge in [-0.15, -0.1) is 0 Å². The second-order valence-electron chi connectivity index (χ2n) is 5.20. The average Bonchev–Trinajstić information content (AvgIpc) is 2.88. The number of aromatic nitrogens is 2. The van der Waals surface area contributed by atoms with Crippen LogP contribution in [0, 0.1) is 5.92 Å². The number of hydrogen-bond acceptors (Lipinski definition) is 3. The first kappa shape index (κ1) is 12.8. The number of fused-ring (bicyclic) bond motifs is 1. The highest BCUT2D eigenvalue weighted by Gasteiger charge is 2.22. The van der Waals surface area contributed by atoms with E-state index in [-0.39, 0.29) is 0 Å². The van der Waals surface area contributed by atoms with Crippen molar-refractivity contribution >= 4 is 23.1 Å². The van der Waals surface area contributed by atoms with Crippen LogP contribution in [0.5, 0.6) is 0 Å². The summed E-state index contributed by atoms with van der Waals surface area (Å²) in [4.78, 5) is 20.0. The Kier molecular flexibility index (Phi) is 3.45. The van der Waals surface area contributed by atoms with Gasteiger partial charge in [0.25, 0.3) is 0 Å². The van der Waals surface area contributed by atoms with E-state index in [1.54, 1.807) is 0 Å². The molecule has 0 unspecified atom stereocenters. The Bertz CT molecular complexity index is 569. The van der Waals surface area contributed by atoms with E-state index in [2.05, 4.69) is 15.3 Å². The number of carbonyl (C=O) groups is 1. The lowest BCUT2D eigenvalue weighted by Gasteiger charge is -2.29. The summed E-state index contributed by atoms with van der Waals surface area (Å²) >= 11 is 0. The van der Waals surface area contributed by atoms with Gasteiger partial charge in [0.1, 0.15) is 0 Å². The monoisotopic (exact) mass is 274 g/mol. The number of imidazole rings is 1. The van der Waals surface area contributed by atoms with Crippen molar-refractivity contribution in [2.75, 3.05) is 25.0 Å². The molecule has 1 aliphatic heterocycles. The van der Waals surface area contributed by atoms with Gasteiger partial charge in [0, 0.05) is 19.6 Å². The number of rotatable bonds is 3. The molecule has 3 N–H and O–H groups in total. The zero-order chi connectivity index (χ0) is 13.9. The maximum atomic E-state index is 10.8. The highest BCUT2D eigenvalue weighted by molar-refractivity contribution is 5.77. The number of anilines is 1. The predicted octanol–water partition coefficient (Wildman–Crippen LogP) is 2.36. The van der Waals surface area contributed by atoms with Crippen LogP contribution < -0.4 is 5.32 Å². The number of carboxylic acid groups (broad SMARTS) is 1. The number of amides is 1. The van der Waals surface area contributed by atoms with Gasteiger partial charge in [-0.05, 0) is 30.9 Å². The number of H-pyrrole nitrogens is 1. The first-order valence-corrected chi connectivity index (χ1v) is 6.89. The van der Waals surface area contributed by atoms with Crippen molar-refractivity contribution in [3.05, 3.63) is 24.3 Å². The van der Waals surface area contributed by atoms with Crippen LogP contribution in [0.3, 0.4) is 0 Å². The van der Waals surface area contributed by atoms with E-state index in [1.165, 1.54) is 4.90 Å². The van der Waals surface area contributed by atoms with Crippen molar-refractivity contribution in [3.8, 4) is 0 Å². The maximum Gasteiger partial charge on any atom is 0.407 e. The zero-order valence-corrected chi connectivity index (χ0v) is 11.2. The lowest BCUT2D eigenvalue weighted by atomic mass is 9.97. The Morgan fingerprint density at radius 2 is 2.15 bits per heavy atom. The normalized spacial score (nSPS) is 16.5. The standard InChI is InChI=1S/C14H18N4O2/c19-14(20)18-7-5-10(6-8-18)9-15-13-16-11-3-1-2-4-12(11)17-13/h1-4,10H,5-9H2,(H,19,20)(H2,15,16,17). The third-order valence-corrected chi connectivity index (χ3v) is 3.83. The summed E-state index contributed by atoms with van der Waals surface area (Å²) in [7, 11) is 0. The van der Waals surface area contributed by atoms with Gasteiger partial charge in [-0.25, -0.2) is 9.78 Å². The Morgan fingerprint density at radius 3 is 2.85 bits per heavy atom. The second kappa shape index (κ2) is 5.40. The van der Waals surface area contributed by atoms with E-state index in [1.807, 2.05) is 24.3 Å². The molecule has 6 heteroatoms. The van der Waals surface area contributed by atoms with Crippen LogP contribution in [0.1, 0.15) is 12.8 Å². The number of likely N-dealkylation sites (tertiary alicyclic amines) is 1. The van der Waals surface area contributed by atoms with Crippen molar-refractivity contribution in [3.63, 3.8) is 0 Å².